The molecule has 0 spiro atoms. The molecule has 0 aromatic heterocycles. The Morgan fingerprint density at radius 2 is 1.69 bits per heavy atom. The largest absolute Gasteiger partial charge is 0.497 e. The molecule has 0 aliphatic heterocycles. The van der Waals surface area contributed by atoms with Crippen molar-refractivity contribution in [2.24, 2.45) is 10.9 Å². The van der Waals surface area contributed by atoms with E-state index in [1.54, 1.807) is 20.3 Å². The minimum Gasteiger partial charge on any atom is -0.497 e. The lowest BCUT2D eigenvalue weighted by molar-refractivity contribution is 0.394. The van der Waals surface area contributed by atoms with Gasteiger partial charge in [-0.3, -0.25) is 0 Å². The molecule has 0 aliphatic rings. The van der Waals surface area contributed by atoms with Crippen molar-refractivity contribution in [1.82, 2.24) is 0 Å². The number of nitrogens with zero attached hydrogens (tertiary/aromatic N) is 1. The van der Waals surface area contributed by atoms with E-state index in [1.807, 2.05) is 12.1 Å². The standard InChI is InChI=1S/C9H12N2O2/c1-12-8-3-7(6-11-10)4-9(5-8)13-2/h3-6H,10H2,1-2H3. The van der Waals surface area contributed by atoms with Crippen LogP contribution in [0.25, 0.3) is 0 Å². The van der Waals surface area contributed by atoms with E-state index < -0.39 is 0 Å². The quantitative estimate of drug-likeness (QED) is 0.429. The first-order chi connectivity index (χ1) is 6.30. The molecule has 4 heteroatoms. The summed E-state index contributed by atoms with van der Waals surface area (Å²) < 4.78 is 10.1. The molecule has 0 saturated carbocycles. The number of nitrogens with two attached hydrogens (primary N) is 1. The van der Waals surface area contributed by atoms with Gasteiger partial charge in [-0.05, 0) is 12.1 Å². The molecule has 1 aromatic rings. The minimum absolute atomic E-state index is 0.717. The summed E-state index contributed by atoms with van der Waals surface area (Å²) in [5.41, 5.74) is 0.846. The molecule has 0 saturated heterocycles. The number of rotatable bonds is 3. The third kappa shape index (κ3) is 2.37. The molecule has 0 bridgehead atoms. The van der Waals surface area contributed by atoms with Gasteiger partial charge in [0.15, 0.2) is 0 Å². The van der Waals surface area contributed by atoms with Crippen LogP contribution in [0.1, 0.15) is 5.56 Å². The van der Waals surface area contributed by atoms with Crippen molar-refractivity contribution in [1.29, 1.82) is 0 Å². The van der Waals surface area contributed by atoms with Gasteiger partial charge in [-0.15, -0.1) is 0 Å². The molecule has 0 aliphatic carbocycles. The van der Waals surface area contributed by atoms with E-state index in [9.17, 15) is 0 Å². The highest BCUT2D eigenvalue weighted by Gasteiger charge is 1.98. The first-order valence-corrected chi connectivity index (χ1v) is 3.76. The third-order valence-electron chi connectivity index (χ3n) is 1.60. The molecular formula is C9H12N2O2. The van der Waals surface area contributed by atoms with Crippen molar-refractivity contribution in [3.63, 3.8) is 0 Å². The van der Waals surface area contributed by atoms with Crippen molar-refractivity contribution in [3.05, 3.63) is 23.8 Å². The molecule has 1 rings (SSSR count). The van der Waals surface area contributed by atoms with E-state index >= 15 is 0 Å². The topological polar surface area (TPSA) is 56.8 Å². The van der Waals surface area contributed by atoms with Crippen LogP contribution in [0.3, 0.4) is 0 Å². The SMILES string of the molecule is COc1cc(C=NN)cc(OC)c1. The molecule has 0 atom stereocenters. The van der Waals surface area contributed by atoms with Gasteiger partial charge in [0.1, 0.15) is 11.5 Å². The van der Waals surface area contributed by atoms with Gasteiger partial charge >= 0.3 is 0 Å². The monoisotopic (exact) mass is 180 g/mol. The first-order valence-electron chi connectivity index (χ1n) is 3.76. The average molecular weight is 180 g/mol. The molecule has 70 valence electrons. The number of benzene rings is 1. The molecule has 0 radical (unpaired) electrons. The van der Waals surface area contributed by atoms with E-state index in [0.717, 1.165) is 5.56 Å². The minimum atomic E-state index is 0.717. The van der Waals surface area contributed by atoms with Gasteiger partial charge in [-0.25, -0.2) is 0 Å². The number of ether oxygens (including phenoxy) is 2. The number of hydrogen-bond acceptors (Lipinski definition) is 4. The Bertz CT molecular complexity index is 288. The zero-order valence-electron chi connectivity index (χ0n) is 7.65. The molecule has 1 aromatic carbocycles. The van der Waals surface area contributed by atoms with E-state index in [4.69, 9.17) is 15.3 Å². The lowest BCUT2D eigenvalue weighted by atomic mass is 10.2. The van der Waals surface area contributed by atoms with E-state index in [-0.39, 0.29) is 0 Å². The Morgan fingerprint density at radius 1 is 1.15 bits per heavy atom. The highest BCUT2D eigenvalue weighted by Crippen LogP contribution is 2.21. The van der Waals surface area contributed by atoms with Crippen molar-refractivity contribution >= 4 is 6.21 Å². The fourth-order valence-corrected chi connectivity index (χ4v) is 0.990. The maximum Gasteiger partial charge on any atom is 0.123 e. The Balaban J connectivity index is 3.07. The summed E-state index contributed by atoms with van der Waals surface area (Å²) in [6.45, 7) is 0. The van der Waals surface area contributed by atoms with Crippen LogP contribution in [-0.2, 0) is 0 Å². The summed E-state index contributed by atoms with van der Waals surface area (Å²) in [7, 11) is 3.19. The summed E-state index contributed by atoms with van der Waals surface area (Å²) in [5.74, 6) is 6.47. The molecule has 0 heterocycles. The zero-order chi connectivity index (χ0) is 9.68. The van der Waals surface area contributed by atoms with Crippen LogP contribution in [0.4, 0.5) is 0 Å². The van der Waals surface area contributed by atoms with Crippen LogP contribution in [0.2, 0.25) is 0 Å². The fourth-order valence-electron chi connectivity index (χ4n) is 0.990. The van der Waals surface area contributed by atoms with Gasteiger partial charge in [-0.1, -0.05) is 0 Å². The van der Waals surface area contributed by atoms with Crippen molar-refractivity contribution in [2.45, 2.75) is 0 Å². The molecule has 2 N–H and O–H groups in total. The Morgan fingerprint density at radius 3 is 2.08 bits per heavy atom. The fraction of sp³-hybridized carbons (Fsp3) is 0.222. The van der Waals surface area contributed by atoms with Crippen molar-refractivity contribution < 1.29 is 9.47 Å². The highest BCUT2D eigenvalue weighted by molar-refractivity contribution is 5.80. The predicted molar refractivity (Wildman–Crippen MR) is 51.3 cm³/mol. The second-order valence-corrected chi connectivity index (χ2v) is 2.42. The predicted octanol–water partition coefficient (Wildman–Crippen LogP) is 0.996. The maximum atomic E-state index is 5.06. The number of hydrogen-bond donors (Lipinski definition) is 1. The van der Waals surface area contributed by atoms with Crippen LogP contribution in [-0.4, -0.2) is 20.4 Å². The van der Waals surface area contributed by atoms with Crippen molar-refractivity contribution in [3.8, 4) is 11.5 Å². The second-order valence-electron chi connectivity index (χ2n) is 2.42. The average Bonchev–Trinajstić information content (AvgIpc) is 2.17. The molecule has 0 fully saturated rings. The van der Waals surface area contributed by atoms with E-state index in [0.29, 0.717) is 11.5 Å². The normalized spacial score (nSPS) is 10.3. The van der Waals surface area contributed by atoms with Crippen LogP contribution < -0.4 is 15.3 Å². The first kappa shape index (κ1) is 9.38. The summed E-state index contributed by atoms with van der Waals surface area (Å²) in [6, 6.07) is 5.42. The van der Waals surface area contributed by atoms with Crippen LogP contribution in [0.5, 0.6) is 11.5 Å². The highest BCUT2D eigenvalue weighted by atomic mass is 16.5. The lowest BCUT2D eigenvalue weighted by Gasteiger charge is -2.04. The van der Waals surface area contributed by atoms with Gasteiger partial charge in [-0.2, -0.15) is 5.10 Å². The van der Waals surface area contributed by atoms with Crippen molar-refractivity contribution in [2.75, 3.05) is 14.2 Å². The number of methoxy groups -OCH3 is 2. The lowest BCUT2D eigenvalue weighted by Crippen LogP contribution is -1.91. The van der Waals surface area contributed by atoms with Gasteiger partial charge in [0.05, 0.1) is 20.4 Å². The van der Waals surface area contributed by atoms with E-state index in [2.05, 4.69) is 5.10 Å². The Labute approximate surface area is 77.0 Å². The molecular weight excluding hydrogens is 168 g/mol. The maximum absolute atomic E-state index is 5.06. The van der Waals surface area contributed by atoms with Crippen LogP contribution in [0.15, 0.2) is 23.3 Å². The molecule has 0 amide bonds. The zero-order valence-corrected chi connectivity index (χ0v) is 7.65. The van der Waals surface area contributed by atoms with Crippen LogP contribution >= 0.6 is 0 Å². The Hall–Kier alpha value is -1.71. The summed E-state index contributed by atoms with van der Waals surface area (Å²) >= 11 is 0. The summed E-state index contributed by atoms with van der Waals surface area (Å²) in [5, 5.41) is 3.42. The molecule has 13 heavy (non-hydrogen) atoms. The summed E-state index contributed by atoms with van der Waals surface area (Å²) in [4.78, 5) is 0. The van der Waals surface area contributed by atoms with Crippen LogP contribution in [0, 0.1) is 0 Å². The summed E-state index contributed by atoms with van der Waals surface area (Å²) in [6.07, 6.45) is 1.53. The van der Waals surface area contributed by atoms with Gasteiger partial charge in [0, 0.05) is 11.6 Å². The third-order valence-corrected chi connectivity index (χ3v) is 1.60. The smallest absolute Gasteiger partial charge is 0.123 e. The second kappa shape index (κ2) is 4.35. The van der Waals surface area contributed by atoms with Gasteiger partial charge in [0.25, 0.3) is 0 Å². The van der Waals surface area contributed by atoms with E-state index in [1.165, 1.54) is 6.21 Å². The Kier molecular flexibility index (Phi) is 3.14. The molecule has 4 nitrogen and oxygen atoms in total. The van der Waals surface area contributed by atoms with Gasteiger partial charge < -0.3 is 15.3 Å². The molecule has 0 unspecified atom stereocenters. The number of hydrazone groups is 1. The van der Waals surface area contributed by atoms with Gasteiger partial charge in [0.2, 0.25) is 0 Å².